The van der Waals surface area contributed by atoms with Gasteiger partial charge in [-0.25, -0.2) is 0 Å². The normalized spacial score (nSPS) is 16.1. The zero-order chi connectivity index (χ0) is 28.2. The van der Waals surface area contributed by atoms with Gasteiger partial charge in [-0.2, -0.15) is 0 Å². The lowest BCUT2D eigenvalue weighted by Crippen LogP contribution is -2.22. The van der Waals surface area contributed by atoms with Crippen molar-refractivity contribution in [2.75, 3.05) is 0 Å². The van der Waals surface area contributed by atoms with Crippen LogP contribution in [0.25, 0.3) is 22.3 Å². The van der Waals surface area contributed by atoms with Gasteiger partial charge in [-0.1, -0.05) is 168 Å². The van der Waals surface area contributed by atoms with Gasteiger partial charge in [0.15, 0.2) is 4.87 Å². The molecular weight excluding hydrogens is 563 g/mol. The first kappa shape index (κ1) is 27.2. The second-order valence-electron chi connectivity index (χ2n) is 9.85. The van der Waals surface area contributed by atoms with E-state index in [9.17, 15) is 0 Å². The van der Waals surface area contributed by atoms with E-state index in [4.69, 9.17) is 34.8 Å². The molecule has 6 rings (SSSR count). The predicted octanol–water partition coefficient (Wildman–Crippen LogP) is 10.8. The quantitative estimate of drug-likeness (QED) is 0.165. The van der Waals surface area contributed by atoms with Crippen molar-refractivity contribution in [1.82, 2.24) is 0 Å². The van der Waals surface area contributed by atoms with Gasteiger partial charge in [0.25, 0.3) is 0 Å². The summed E-state index contributed by atoms with van der Waals surface area (Å²) in [5, 5.41) is 1.35. The highest BCUT2D eigenvalue weighted by Gasteiger charge is 2.46. The standard InChI is InChI=1S/C38H25Cl3/c39-32-21-17-28(18-22-32)34-35(29-19-23-33(40)24-20-29)37(31-15-9-4-10-16-31)38(41,36(34)30-13-7-3-8-14-30)26-25-27-11-5-1-2-6-12-27/h1-24,27H. The molecule has 41 heavy (non-hydrogen) atoms. The fourth-order valence-corrected chi connectivity index (χ4v) is 6.10. The van der Waals surface area contributed by atoms with Gasteiger partial charge in [0.05, 0.1) is 5.92 Å². The third-order valence-corrected chi connectivity index (χ3v) is 8.19. The Kier molecular flexibility index (Phi) is 7.86. The van der Waals surface area contributed by atoms with Crippen molar-refractivity contribution in [1.29, 1.82) is 0 Å². The number of alkyl halides is 1. The zero-order valence-corrected chi connectivity index (χ0v) is 24.3. The van der Waals surface area contributed by atoms with Crippen LogP contribution in [-0.2, 0) is 0 Å². The first-order valence-electron chi connectivity index (χ1n) is 13.4. The van der Waals surface area contributed by atoms with Gasteiger partial charge in [-0.05, 0) is 57.7 Å². The summed E-state index contributed by atoms with van der Waals surface area (Å²) in [7, 11) is 0. The molecule has 0 heterocycles. The van der Waals surface area contributed by atoms with E-state index in [0.29, 0.717) is 10.0 Å². The number of halogens is 3. The Morgan fingerprint density at radius 1 is 0.488 bits per heavy atom. The number of hydrogen-bond acceptors (Lipinski definition) is 0. The molecule has 0 aliphatic heterocycles. The molecule has 198 valence electrons. The smallest absolute Gasteiger partial charge is 0.0943 e. The van der Waals surface area contributed by atoms with Crippen LogP contribution in [0.4, 0.5) is 0 Å². The third-order valence-electron chi connectivity index (χ3n) is 7.21. The van der Waals surface area contributed by atoms with Crippen LogP contribution in [-0.4, -0.2) is 4.87 Å². The molecule has 0 radical (unpaired) electrons. The minimum Gasteiger partial charge on any atom is -0.0943 e. The Morgan fingerprint density at radius 2 is 0.902 bits per heavy atom. The Hall–Kier alpha value is -3.99. The highest BCUT2D eigenvalue weighted by molar-refractivity contribution is 6.49. The van der Waals surface area contributed by atoms with E-state index in [0.717, 1.165) is 44.5 Å². The van der Waals surface area contributed by atoms with Crippen molar-refractivity contribution in [3.63, 3.8) is 0 Å². The molecule has 0 N–H and O–H groups in total. The number of hydrogen-bond donors (Lipinski definition) is 0. The van der Waals surface area contributed by atoms with Crippen LogP contribution in [0.1, 0.15) is 22.3 Å². The molecule has 0 atom stereocenters. The van der Waals surface area contributed by atoms with Crippen LogP contribution < -0.4 is 0 Å². The van der Waals surface area contributed by atoms with E-state index in [-0.39, 0.29) is 5.92 Å². The average Bonchev–Trinajstić information content (AvgIpc) is 3.12. The molecule has 2 aliphatic rings. The Morgan fingerprint density at radius 3 is 1.32 bits per heavy atom. The van der Waals surface area contributed by atoms with E-state index in [1.807, 2.05) is 85.0 Å². The van der Waals surface area contributed by atoms with Crippen molar-refractivity contribution in [2.45, 2.75) is 4.87 Å². The van der Waals surface area contributed by atoms with Gasteiger partial charge in [-0.3, -0.25) is 0 Å². The number of rotatable bonds is 4. The molecule has 0 unspecified atom stereocenters. The summed E-state index contributed by atoms with van der Waals surface area (Å²) in [5.74, 6) is 7.02. The van der Waals surface area contributed by atoms with E-state index >= 15 is 0 Å². The molecule has 4 aromatic rings. The fraction of sp³-hybridized carbons (Fsp3) is 0.0526. The lowest BCUT2D eigenvalue weighted by molar-refractivity contribution is 1.11. The Bertz CT molecular complexity index is 1650. The molecule has 0 saturated heterocycles. The van der Waals surface area contributed by atoms with Crippen molar-refractivity contribution in [3.8, 4) is 11.8 Å². The molecule has 0 spiro atoms. The van der Waals surface area contributed by atoms with Crippen LogP contribution in [0.2, 0.25) is 10.0 Å². The monoisotopic (exact) mass is 586 g/mol. The van der Waals surface area contributed by atoms with E-state index in [1.165, 1.54) is 0 Å². The van der Waals surface area contributed by atoms with Gasteiger partial charge in [0.2, 0.25) is 0 Å². The van der Waals surface area contributed by atoms with Crippen LogP contribution in [0.5, 0.6) is 0 Å². The Balaban J connectivity index is 1.74. The van der Waals surface area contributed by atoms with E-state index in [1.54, 1.807) is 0 Å². The maximum absolute atomic E-state index is 7.98. The fourth-order valence-electron chi connectivity index (χ4n) is 5.39. The largest absolute Gasteiger partial charge is 0.157 e. The Labute approximate surface area is 256 Å². The summed E-state index contributed by atoms with van der Waals surface area (Å²) in [6.07, 6.45) is 12.2. The minimum atomic E-state index is -1.16. The maximum Gasteiger partial charge on any atom is 0.157 e. The van der Waals surface area contributed by atoms with Crippen molar-refractivity contribution >= 4 is 57.1 Å². The van der Waals surface area contributed by atoms with Crippen LogP contribution in [0, 0.1) is 17.8 Å². The molecule has 2 aliphatic carbocycles. The molecule has 3 heteroatoms. The van der Waals surface area contributed by atoms with Crippen molar-refractivity contribution in [2.24, 2.45) is 5.92 Å². The van der Waals surface area contributed by atoms with E-state index < -0.39 is 4.87 Å². The predicted molar refractivity (Wildman–Crippen MR) is 177 cm³/mol. The summed E-state index contributed by atoms with van der Waals surface area (Å²) >= 11 is 20.7. The first-order chi connectivity index (χ1) is 20.0. The zero-order valence-electron chi connectivity index (χ0n) is 22.1. The van der Waals surface area contributed by atoms with E-state index in [2.05, 4.69) is 72.5 Å². The molecule has 4 aromatic carbocycles. The summed E-state index contributed by atoms with van der Waals surface area (Å²) in [4.78, 5) is -1.16. The van der Waals surface area contributed by atoms with Gasteiger partial charge in [-0.15, -0.1) is 0 Å². The summed E-state index contributed by atoms with van der Waals surface area (Å²) in [6.45, 7) is 0. The highest BCUT2D eigenvalue weighted by atomic mass is 35.5. The minimum absolute atomic E-state index is 0.0757. The van der Waals surface area contributed by atoms with Crippen LogP contribution >= 0.6 is 34.8 Å². The maximum atomic E-state index is 7.98. The SMILES string of the molecule is Clc1ccc(C2=C(c3ccccc3)C(Cl)(C#CC3C=CC=CC=C3)C(c3ccccc3)=C2c2ccc(Cl)cc2)cc1. The van der Waals surface area contributed by atoms with Gasteiger partial charge < -0.3 is 0 Å². The number of allylic oxidation sites excluding steroid dienone is 10. The van der Waals surface area contributed by atoms with Crippen molar-refractivity contribution < 1.29 is 0 Å². The average molecular weight is 588 g/mol. The molecule has 0 aromatic heterocycles. The lowest BCUT2D eigenvalue weighted by atomic mass is 9.85. The summed E-state index contributed by atoms with van der Waals surface area (Å²) in [6, 6.07) is 36.5. The second kappa shape index (κ2) is 11.9. The summed E-state index contributed by atoms with van der Waals surface area (Å²) < 4.78 is 0. The van der Waals surface area contributed by atoms with Gasteiger partial charge in [0, 0.05) is 21.2 Å². The first-order valence-corrected chi connectivity index (χ1v) is 14.5. The summed E-state index contributed by atoms with van der Waals surface area (Å²) in [5.41, 5.74) is 7.96. The lowest BCUT2D eigenvalue weighted by Gasteiger charge is -2.25. The molecule has 0 nitrogen and oxygen atoms in total. The van der Waals surface area contributed by atoms with Gasteiger partial charge >= 0.3 is 0 Å². The second-order valence-corrected chi connectivity index (χ2v) is 11.3. The molecule has 0 amide bonds. The van der Waals surface area contributed by atoms with Crippen LogP contribution in [0.3, 0.4) is 0 Å². The van der Waals surface area contributed by atoms with Crippen molar-refractivity contribution in [3.05, 3.63) is 178 Å². The molecule has 0 fully saturated rings. The molecule has 0 bridgehead atoms. The highest BCUT2D eigenvalue weighted by Crippen LogP contribution is 2.59. The molecule has 0 saturated carbocycles. The third kappa shape index (κ3) is 5.50. The van der Waals surface area contributed by atoms with Gasteiger partial charge in [0.1, 0.15) is 0 Å². The topological polar surface area (TPSA) is 0 Å². The molecular formula is C38H25Cl3. The number of benzene rings is 4. The van der Waals surface area contributed by atoms with Crippen LogP contribution in [0.15, 0.2) is 146 Å².